The molecule has 4 nitrogen and oxygen atoms in total. The molecule has 1 aliphatic rings. The van der Waals surface area contributed by atoms with Gasteiger partial charge in [0, 0.05) is 29.4 Å². The third kappa shape index (κ3) is 3.87. The van der Waals surface area contributed by atoms with Gasteiger partial charge in [-0.3, -0.25) is 4.79 Å². The van der Waals surface area contributed by atoms with Crippen molar-refractivity contribution in [3.63, 3.8) is 0 Å². The Kier molecular flexibility index (Phi) is 5.55. The van der Waals surface area contributed by atoms with Crippen LogP contribution >= 0.6 is 23.2 Å². The highest BCUT2D eigenvalue weighted by molar-refractivity contribution is 6.41. The molecular weight excluding hydrogens is 371 g/mol. The number of methoxy groups -OCH3 is 1. The van der Waals surface area contributed by atoms with Gasteiger partial charge in [0.05, 0.1) is 22.7 Å². The highest BCUT2D eigenvalue weighted by Gasteiger charge is 2.19. The van der Waals surface area contributed by atoms with Crippen molar-refractivity contribution in [2.75, 3.05) is 7.11 Å². The van der Waals surface area contributed by atoms with E-state index < -0.39 is 0 Å². The summed E-state index contributed by atoms with van der Waals surface area (Å²) in [6.45, 7) is 1.88. The van der Waals surface area contributed by atoms with Crippen LogP contribution in [-0.2, 0) is 6.42 Å². The van der Waals surface area contributed by atoms with Crippen molar-refractivity contribution in [3.05, 3.63) is 86.7 Å². The standard InChI is InChI=1S/C20H18Cl2N2O2/c1-12-8-16(21)19(17(22)9-12)20(25)13-5-6-18(26-2)14(10-13)11-15-4-3-7-23-24-15/h3-10,23-24H,11H2,1-2H3. The number of carbonyl (C=O) groups is 1. The molecule has 0 aromatic heterocycles. The molecule has 0 atom stereocenters. The Balaban J connectivity index is 1.98. The number of rotatable bonds is 5. The van der Waals surface area contributed by atoms with E-state index in [0.29, 0.717) is 33.3 Å². The van der Waals surface area contributed by atoms with Gasteiger partial charge in [-0.1, -0.05) is 23.2 Å². The van der Waals surface area contributed by atoms with Gasteiger partial charge in [0.25, 0.3) is 0 Å². The highest BCUT2D eigenvalue weighted by Crippen LogP contribution is 2.30. The van der Waals surface area contributed by atoms with Crippen molar-refractivity contribution >= 4 is 29.0 Å². The fraction of sp³-hybridized carbons (Fsp3) is 0.150. The molecule has 0 aliphatic carbocycles. The molecule has 3 rings (SSSR count). The van der Waals surface area contributed by atoms with Gasteiger partial charge in [-0.15, -0.1) is 0 Å². The zero-order valence-electron chi connectivity index (χ0n) is 14.4. The first-order valence-electron chi connectivity index (χ1n) is 8.04. The number of hydrogen-bond acceptors (Lipinski definition) is 4. The Labute approximate surface area is 162 Å². The summed E-state index contributed by atoms with van der Waals surface area (Å²) in [5.74, 6) is 0.493. The lowest BCUT2D eigenvalue weighted by molar-refractivity contribution is 0.103. The van der Waals surface area contributed by atoms with Gasteiger partial charge in [-0.05, 0) is 55.0 Å². The fourth-order valence-electron chi connectivity index (χ4n) is 2.82. The molecule has 26 heavy (non-hydrogen) atoms. The van der Waals surface area contributed by atoms with Gasteiger partial charge in [-0.2, -0.15) is 0 Å². The van der Waals surface area contributed by atoms with Crippen LogP contribution in [0.25, 0.3) is 0 Å². The van der Waals surface area contributed by atoms with E-state index in [1.54, 1.807) is 37.6 Å². The second-order valence-corrected chi connectivity index (χ2v) is 6.77. The Morgan fingerprint density at radius 2 is 1.88 bits per heavy atom. The molecule has 0 amide bonds. The normalized spacial score (nSPS) is 12.8. The summed E-state index contributed by atoms with van der Waals surface area (Å²) in [6.07, 6.45) is 6.23. The quantitative estimate of drug-likeness (QED) is 0.735. The number of benzene rings is 2. The molecular formula is C20H18Cl2N2O2. The fourth-order valence-corrected chi connectivity index (χ4v) is 3.58. The van der Waals surface area contributed by atoms with Crippen molar-refractivity contribution in [1.29, 1.82) is 0 Å². The first-order valence-corrected chi connectivity index (χ1v) is 8.79. The minimum Gasteiger partial charge on any atom is -0.496 e. The second-order valence-electron chi connectivity index (χ2n) is 5.96. The van der Waals surface area contributed by atoms with Crippen molar-refractivity contribution in [2.45, 2.75) is 13.3 Å². The van der Waals surface area contributed by atoms with E-state index in [0.717, 1.165) is 16.8 Å². The summed E-state index contributed by atoms with van der Waals surface area (Å²) in [6, 6.07) is 8.79. The molecule has 1 heterocycles. The van der Waals surface area contributed by atoms with Crippen LogP contribution in [0.5, 0.6) is 5.75 Å². The van der Waals surface area contributed by atoms with Gasteiger partial charge in [0.15, 0.2) is 5.78 Å². The molecule has 0 unspecified atom stereocenters. The van der Waals surface area contributed by atoms with Crippen LogP contribution in [0.3, 0.4) is 0 Å². The van der Waals surface area contributed by atoms with Gasteiger partial charge in [-0.25, -0.2) is 0 Å². The maximum atomic E-state index is 13.0. The van der Waals surface area contributed by atoms with Gasteiger partial charge >= 0.3 is 0 Å². The second kappa shape index (κ2) is 7.85. The number of hydrazine groups is 1. The van der Waals surface area contributed by atoms with E-state index in [9.17, 15) is 4.79 Å². The summed E-state index contributed by atoms with van der Waals surface area (Å²) in [7, 11) is 1.61. The lowest BCUT2D eigenvalue weighted by atomic mass is 9.98. The predicted molar refractivity (Wildman–Crippen MR) is 105 cm³/mol. The molecule has 0 saturated carbocycles. The Hall–Kier alpha value is -2.43. The van der Waals surface area contributed by atoms with E-state index in [1.807, 2.05) is 25.1 Å². The number of carbonyl (C=O) groups excluding carboxylic acids is 1. The topological polar surface area (TPSA) is 50.4 Å². The maximum Gasteiger partial charge on any atom is 0.196 e. The zero-order chi connectivity index (χ0) is 18.7. The molecule has 1 aliphatic heterocycles. The number of allylic oxidation sites excluding steroid dienone is 3. The van der Waals surface area contributed by atoms with E-state index >= 15 is 0 Å². The van der Waals surface area contributed by atoms with Crippen molar-refractivity contribution in [3.8, 4) is 5.75 Å². The van der Waals surface area contributed by atoms with Crippen LogP contribution in [0.1, 0.15) is 27.0 Å². The SMILES string of the molecule is COc1ccc(C(=O)c2c(Cl)cc(C)cc2Cl)cc1CC1=CC=CNN1. The van der Waals surface area contributed by atoms with Gasteiger partial charge < -0.3 is 15.6 Å². The molecule has 0 saturated heterocycles. The number of ether oxygens (including phenoxy) is 1. The van der Waals surface area contributed by atoms with Crippen LogP contribution in [0.2, 0.25) is 10.0 Å². The maximum absolute atomic E-state index is 13.0. The highest BCUT2D eigenvalue weighted by atomic mass is 35.5. The smallest absolute Gasteiger partial charge is 0.196 e. The van der Waals surface area contributed by atoms with Crippen LogP contribution in [0.4, 0.5) is 0 Å². The lowest BCUT2D eigenvalue weighted by Crippen LogP contribution is -2.29. The molecule has 0 radical (unpaired) electrons. The monoisotopic (exact) mass is 388 g/mol. The largest absolute Gasteiger partial charge is 0.496 e. The van der Waals surface area contributed by atoms with E-state index in [4.69, 9.17) is 27.9 Å². The van der Waals surface area contributed by atoms with Crippen LogP contribution in [-0.4, -0.2) is 12.9 Å². The Morgan fingerprint density at radius 3 is 2.50 bits per heavy atom. The summed E-state index contributed by atoms with van der Waals surface area (Å²) < 4.78 is 5.43. The molecule has 6 heteroatoms. The van der Waals surface area contributed by atoms with E-state index in [1.165, 1.54) is 0 Å². The van der Waals surface area contributed by atoms with Gasteiger partial charge in [0.2, 0.25) is 0 Å². The minimum absolute atomic E-state index is 0.215. The van der Waals surface area contributed by atoms with Crippen molar-refractivity contribution < 1.29 is 9.53 Å². The summed E-state index contributed by atoms with van der Waals surface area (Å²) in [5, 5.41) is 0.701. The third-order valence-electron chi connectivity index (χ3n) is 4.05. The first kappa shape index (κ1) is 18.4. The Morgan fingerprint density at radius 1 is 1.15 bits per heavy atom. The molecule has 2 N–H and O–H groups in total. The van der Waals surface area contributed by atoms with Crippen LogP contribution in [0.15, 0.2) is 54.4 Å². The van der Waals surface area contributed by atoms with E-state index in [-0.39, 0.29) is 5.78 Å². The number of aryl methyl sites for hydroxylation is 1. The third-order valence-corrected chi connectivity index (χ3v) is 4.64. The molecule has 0 bridgehead atoms. The minimum atomic E-state index is -0.215. The van der Waals surface area contributed by atoms with Crippen molar-refractivity contribution in [2.24, 2.45) is 0 Å². The molecule has 2 aromatic carbocycles. The number of halogens is 2. The molecule has 0 fully saturated rings. The first-order chi connectivity index (χ1) is 12.5. The van der Waals surface area contributed by atoms with Gasteiger partial charge in [0.1, 0.15) is 5.75 Å². The summed E-state index contributed by atoms with van der Waals surface area (Å²) in [5.41, 5.74) is 9.57. The molecule has 0 spiro atoms. The number of nitrogens with one attached hydrogen (secondary N) is 2. The molecule has 134 valence electrons. The van der Waals surface area contributed by atoms with Crippen LogP contribution in [0, 0.1) is 6.92 Å². The number of ketones is 1. The summed E-state index contributed by atoms with van der Waals surface area (Å²) >= 11 is 12.5. The van der Waals surface area contributed by atoms with E-state index in [2.05, 4.69) is 10.9 Å². The lowest BCUT2D eigenvalue weighted by Gasteiger charge is -2.16. The predicted octanol–water partition coefficient (Wildman–Crippen LogP) is 4.59. The van der Waals surface area contributed by atoms with Crippen molar-refractivity contribution in [1.82, 2.24) is 10.9 Å². The molecule has 2 aromatic rings. The van der Waals surface area contributed by atoms with Crippen LogP contribution < -0.4 is 15.6 Å². The number of hydrogen-bond donors (Lipinski definition) is 2. The Bertz CT molecular complexity index is 897. The zero-order valence-corrected chi connectivity index (χ0v) is 15.9. The average molecular weight is 389 g/mol. The average Bonchev–Trinajstić information content (AvgIpc) is 2.61. The summed E-state index contributed by atoms with van der Waals surface area (Å²) in [4.78, 5) is 13.0.